The third-order valence-electron chi connectivity index (χ3n) is 10.2. The maximum Gasteiger partial charge on any atom is 0.331 e. The van der Waals surface area contributed by atoms with Crippen molar-refractivity contribution in [1.82, 2.24) is 0 Å². The summed E-state index contributed by atoms with van der Waals surface area (Å²) in [4.78, 5) is 49.7. The van der Waals surface area contributed by atoms with Gasteiger partial charge in [-0.2, -0.15) is 0 Å². The fraction of sp³-hybridized carbons (Fsp3) is 0.632. The van der Waals surface area contributed by atoms with E-state index in [-0.39, 0.29) is 44.6 Å². The smallest absolute Gasteiger partial charge is 0.331 e. The largest absolute Gasteiger partial charge is 0.462 e. The predicted octanol–water partition coefficient (Wildman–Crippen LogP) is 15.5. The van der Waals surface area contributed by atoms with Crippen molar-refractivity contribution in [1.29, 1.82) is 0 Å². The second-order valence-electron chi connectivity index (χ2n) is 16.4. The molecule has 0 spiro atoms. The molecule has 8 nitrogen and oxygen atoms in total. The van der Waals surface area contributed by atoms with Crippen molar-refractivity contribution in [2.45, 2.75) is 213 Å². The van der Waals surface area contributed by atoms with Gasteiger partial charge in [-0.05, 0) is 115 Å². The van der Waals surface area contributed by atoms with Crippen LogP contribution >= 0.6 is 0 Å². The molecule has 0 N–H and O–H groups in total. The Hall–Kier alpha value is -4.42. The number of carbonyl (C=O) groups is 4. The Balaban J connectivity index is 4.62. The fourth-order valence-electron chi connectivity index (χ4n) is 6.40. The van der Waals surface area contributed by atoms with Crippen LogP contribution in [-0.4, -0.2) is 49.8 Å². The summed E-state index contributed by atoms with van der Waals surface area (Å²) in [6, 6.07) is 0. The Kier molecular flexibility index (Phi) is 47.1. The second kappa shape index (κ2) is 50.6. The van der Waals surface area contributed by atoms with E-state index in [0.717, 1.165) is 109 Å². The van der Waals surface area contributed by atoms with Gasteiger partial charge in [-0.1, -0.05) is 164 Å². The quantitative estimate of drug-likeness (QED) is 0.0113. The van der Waals surface area contributed by atoms with E-state index in [4.69, 9.17) is 18.9 Å². The number of ether oxygens (including phenoxy) is 4. The Labute approximate surface area is 396 Å². The van der Waals surface area contributed by atoms with Crippen LogP contribution in [0.5, 0.6) is 0 Å². The summed E-state index contributed by atoms with van der Waals surface area (Å²) < 4.78 is 21.7. The molecular formula is C57H90O8. The maximum absolute atomic E-state index is 12.8. The molecule has 0 fully saturated rings. The lowest BCUT2D eigenvalue weighted by atomic mass is 10.1. The van der Waals surface area contributed by atoms with Crippen molar-refractivity contribution in [2.75, 3.05) is 19.8 Å². The molecule has 1 unspecified atom stereocenters. The molecule has 0 saturated heterocycles. The first kappa shape index (κ1) is 60.6. The molecule has 0 aliphatic carbocycles. The van der Waals surface area contributed by atoms with Crippen LogP contribution in [-0.2, 0) is 38.1 Å². The highest BCUT2D eigenvalue weighted by Crippen LogP contribution is 2.12. The Bertz CT molecular complexity index is 1440. The standard InChI is InChI=1S/C57H90O8/c1-4-7-10-13-16-18-20-22-24-26-28-30-33-37-42-47-55(59)63-51-53(65-57(61)49-44-38-34-31-29-27-25-23-21-19-17-14-11-8-5-2)52-64-56(60)48-43-39-35-40-45-50-62-54(58)46-41-36-32-15-12-9-6-3/h7,10,16-19,22-25,32,35-36,41,45-46,53H,4-6,8-9,11-15,20-21,26-31,33-34,37-39,42-44,47-52H2,1-3H3. The predicted molar refractivity (Wildman–Crippen MR) is 270 cm³/mol. The third-order valence-corrected chi connectivity index (χ3v) is 10.2. The third kappa shape index (κ3) is 48.9. The van der Waals surface area contributed by atoms with E-state index in [1.54, 1.807) is 18.2 Å². The molecule has 8 heteroatoms. The van der Waals surface area contributed by atoms with Crippen molar-refractivity contribution >= 4 is 23.9 Å². The lowest BCUT2D eigenvalue weighted by Crippen LogP contribution is -2.30. The monoisotopic (exact) mass is 903 g/mol. The van der Waals surface area contributed by atoms with Crippen LogP contribution in [0.2, 0.25) is 0 Å². The van der Waals surface area contributed by atoms with E-state index in [2.05, 4.69) is 87.3 Å². The van der Waals surface area contributed by atoms with Crippen LogP contribution < -0.4 is 0 Å². The van der Waals surface area contributed by atoms with Crippen molar-refractivity contribution < 1.29 is 38.1 Å². The van der Waals surface area contributed by atoms with E-state index in [1.807, 2.05) is 12.2 Å². The van der Waals surface area contributed by atoms with Crippen LogP contribution in [0, 0.1) is 0 Å². The molecule has 1 atom stereocenters. The fourth-order valence-corrected chi connectivity index (χ4v) is 6.40. The molecule has 0 aromatic carbocycles. The number of hydrogen-bond acceptors (Lipinski definition) is 8. The maximum atomic E-state index is 12.8. The van der Waals surface area contributed by atoms with Crippen LogP contribution in [0.15, 0.2) is 103 Å². The normalized spacial score (nSPS) is 12.4. The van der Waals surface area contributed by atoms with E-state index in [1.165, 1.54) is 44.6 Å². The molecule has 0 bridgehead atoms. The zero-order valence-corrected chi connectivity index (χ0v) is 41.2. The summed E-state index contributed by atoms with van der Waals surface area (Å²) in [6.45, 7) is 6.32. The summed E-state index contributed by atoms with van der Waals surface area (Å²) in [6.07, 6.45) is 59.3. The van der Waals surface area contributed by atoms with Gasteiger partial charge in [-0.15, -0.1) is 5.73 Å². The lowest BCUT2D eigenvalue weighted by Gasteiger charge is -2.18. The van der Waals surface area contributed by atoms with E-state index >= 15 is 0 Å². The molecule has 0 aromatic heterocycles. The van der Waals surface area contributed by atoms with E-state index in [0.29, 0.717) is 25.7 Å². The van der Waals surface area contributed by atoms with E-state index < -0.39 is 18.0 Å². The van der Waals surface area contributed by atoms with Gasteiger partial charge in [0.05, 0.1) is 0 Å². The van der Waals surface area contributed by atoms with Crippen LogP contribution in [0.1, 0.15) is 207 Å². The van der Waals surface area contributed by atoms with Gasteiger partial charge < -0.3 is 18.9 Å². The molecule has 65 heavy (non-hydrogen) atoms. The minimum atomic E-state index is -0.864. The van der Waals surface area contributed by atoms with Crippen molar-refractivity contribution in [3.8, 4) is 0 Å². The number of rotatable bonds is 44. The molecule has 0 amide bonds. The highest BCUT2D eigenvalue weighted by molar-refractivity contribution is 5.82. The summed E-state index contributed by atoms with van der Waals surface area (Å²) >= 11 is 0. The molecule has 0 aromatic rings. The number of esters is 4. The van der Waals surface area contributed by atoms with Gasteiger partial charge in [0.25, 0.3) is 0 Å². The zero-order valence-electron chi connectivity index (χ0n) is 41.2. The van der Waals surface area contributed by atoms with Gasteiger partial charge in [-0.25, -0.2) is 4.79 Å². The zero-order chi connectivity index (χ0) is 47.4. The molecule has 0 radical (unpaired) electrons. The lowest BCUT2D eigenvalue weighted by molar-refractivity contribution is -0.167. The average molecular weight is 903 g/mol. The highest BCUT2D eigenvalue weighted by atomic mass is 16.6. The van der Waals surface area contributed by atoms with Crippen LogP contribution in [0.4, 0.5) is 0 Å². The van der Waals surface area contributed by atoms with Crippen molar-refractivity contribution in [3.05, 3.63) is 103 Å². The van der Waals surface area contributed by atoms with Crippen LogP contribution in [0.25, 0.3) is 0 Å². The molecule has 366 valence electrons. The Morgan fingerprint density at radius 3 is 1.45 bits per heavy atom. The molecule has 0 heterocycles. The molecule has 0 aliphatic rings. The van der Waals surface area contributed by atoms with Gasteiger partial charge in [0, 0.05) is 25.3 Å². The summed E-state index contributed by atoms with van der Waals surface area (Å²) in [5.74, 6) is -1.57. The van der Waals surface area contributed by atoms with Gasteiger partial charge in [0.2, 0.25) is 0 Å². The topological polar surface area (TPSA) is 105 Å². The Morgan fingerprint density at radius 1 is 0.431 bits per heavy atom. The number of allylic oxidation sites excluding steroid dienone is 13. The second-order valence-corrected chi connectivity index (χ2v) is 16.4. The van der Waals surface area contributed by atoms with Crippen molar-refractivity contribution in [3.63, 3.8) is 0 Å². The Morgan fingerprint density at radius 2 is 0.892 bits per heavy atom. The summed E-state index contributed by atoms with van der Waals surface area (Å²) in [7, 11) is 0. The molecule has 0 aliphatic heterocycles. The van der Waals surface area contributed by atoms with Gasteiger partial charge in [-0.3, -0.25) is 14.4 Å². The number of hydrogen-bond donors (Lipinski definition) is 0. The highest BCUT2D eigenvalue weighted by Gasteiger charge is 2.19. The van der Waals surface area contributed by atoms with Gasteiger partial charge in [0.15, 0.2) is 6.10 Å². The number of unbranched alkanes of at least 4 members (excludes halogenated alkanes) is 17. The van der Waals surface area contributed by atoms with Gasteiger partial charge >= 0.3 is 23.9 Å². The average Bonchev–Trinajstić information content (AvgIpc) is 3.30. The van der Waals surface area contributed by atoms with Crippen molar-refractivity contribution in [2.24, 2.45) is 0 Å². The first-order valence-electron chi connectivity index (χ1n) is 25.6. The first-order chi connectivity index (χ1) is 31.9. The first-order valence-corrected chi connectivity index (χ1v) is 25.6. The molecule has 0 rings (SSSR count). The SMILES string of the molecule is CCC=CCC=CCC=CCCCCCCCC(=O)OCC(COC(=O)CCCC=C=CCOC(=O)C=CC=CCCCCC)OC(=O)CCCCCCCC=CCC=CCCCCC. The van der Waals surface area contributed by atoms with Crippen LogP contribution in [0.3, 0.4) is 0 Å². The minimum Gasteiger partial charge on any atom is -0.462 e. The van der Waals surface area contributed by atoms with Gasteiger partial charge in [0.1, 0.15) is 19.8 Å². The van der Waals surface area contributed by atoms with E-state index in [9.17, 15) is 19.2 Å². The minimum absolute atomic E-state index is 0.108. The molecule has 0 saturated carbocycles. The number of carbonyl (C=O) groups excluding carboxylic acids is 4. The summed E-state index contributed by atoms with van der Waals surface area (Å²) in [5.41, 5.74) is 2.97. The molecular weight excluding hydrogens is 813 g/mol. The summed E-state index contributed by atoms with van der Waals surface area (Å²) in [5, 5.41) is 0.